The third kappa shape index (κ3) is 3.02. The molecular weight excluding hydrogens is 236 g/mol. The molecule has 3 aliphatic rings. The molecule has 3 nitrogen and oxygen atoms in total. The van der Waals surface area contributed by atoms with Crippen molar-refractivity contribution >= 4 is 5.91 Å². The standard InChI is InChI=1S/C16H26N2O/c1-12(6-8-18-7-2-3-16(18)19)17-11-15-10-13-4-5-14(15)9-13/h4-5,12-15,17H,2-3,6-11H2,1H3/t12-,13-,14-,15+/m0/s1. The Kier molecular flexibility index (Phi) is 3.92. The Bertz CT molecular complexity index is 366. The predicted molar refractivity (Wildman–Crippen MR) is 76.7 cm³/mol. The lowest BCUT2D eigenvalue weighted by Gasteiger charge is -2.23. The zero-order valence-corrected chi connectivity index (χ0v) is 12.0. The highest BCUT2D eigenvalue weighted by atomic mass is 16.2. The van der Waals surface area contributed by atoms with E-state index >= 15 is 0 Å². The summed E-state index contributed by atoms with van der Waals surface area (Å²) >= 11 is 0. The Morgan fingerprint density at radius 1 is 1.42 bits per heavy atom. The highest BCUT2D eigenvalue weighted by Crippen LogP contribution is 2.42. The van der Waals surface area contributed by atoms with Crippen LogP contribution < -0.4 is 5.32 Å². The minimum absolute atomic E-state index is 0.352. The summed E-state index contributed by atoms with van der Waals surface area (Å²) in [6.07, 6.45) is 10.5. The molecule has 1 saturated heterocycles. The summed E-state index contributed by atoms with van der Waals surface area (Å²) in [4.78, 5) is 13.6. The summed E-state index contributed by atoms with van der Waals surface area (Å²) in [7, 11) is 0. The normalized spacial score (nSPS) is 34.5. The van der Waals surface area contributed by atoms with E-state index < -0.39 is 0 Å². The Hall–Kier alpha value is -0.830. The highest BCUT2D eigenvalue weighted by molar-refractivity contribution is 5.77. The minimum Gasteiger partial charge on any atom is -0.343 e. The lowest BCUT2D eigenvalue weighted by Crippen LogP contribution is -2.36. The molecule has 0 aromatic carbocycles. The van der Waals surface area contributed by atoms with Crippen molar-refractivity contribution in [1.29, 1.82) is 0 Å². The molecule has 1 amide bonds. The van der Waals surface area contributed by atoms with Crippen molar-refractivity contribution in [2.75, 3.05) is 19.6 Å². The van der Waals surface area contributed by atoms with Gasteiger partial charge >= 0.3 is 0 Å². The van der Waals surface area contributed by atoms with E-state index in [1.807, 2.05) is 4.90 Å². The quantitative estimate of drug-likeness (QED) is 0.744. The number of likely N-dealkylation sites (tertiary alicyclic amines) is 1. The number of hydrogen-bond acceptors (Lipinski definition) is 2. The fourth-order valence-corrected chi connectivity index (χ4v) is 3.87. The van der Waals surface area contributed by atoms with Gasteiger partial charge in [0, 0.05) is 25.6 Å². The van der Waals surface area contributed by atoms with Crippen molar-refractivity contribution in [3.8, 4) is 0 Å². The molecule has 106 valence electrons. The molecule has 1 aliphatic heterocycles. The third-order valence-electron chi connectivity index (χ3n) is 5.15. The first-order chi connectivity index (χ1) is 9.22. The van der Waals surface area contributed by atoms with E-state index in [2.05, 4.69) is 24.4 Å². The van der Waals surface area contributed by atoms with Crippen molar-refractivity contribution in [3.63, 3.8) is 0 Å². The van der Waals surface area contributed by atoms with Crippen LogP contribution in [0.2, 0.25) is 0 Å². The van der Waals surface area contributed by atoms with Gasteiger partial charge in [-0.05, 0) is 56.9 Å². The largest absolute Gasteiger partial charge is 0.343 e. The molecule has 0 radical (unpaired) electrons. The summed E-state index contributed by atoms with van der Waals surface area (Å²) in [5, 5.41) is 3.68. The van der Waals surface area contributed by atoms with Gasteiger partial charge in [-0.2, -0.15) is 0 Å². The molecule has 19 heavy (non-hydrogen) atoms. The Labute approximate surface area is 116 Å². The number of nitrogens with one attached hydrogen (secondary N) is 1. The Morgan fingerprint density at radius 2 is 2.32 bits per heavy atom. The summed E-state index contributed by atoms with van der Waals surface area (Å²) in [5.74, 6) is 2.91. The van der Waals surface area contributed by atoms with E-state index in [-0.39, 0.29) is 0 Å². The van der Waals surface area contributed by atoms with Crippen molar-refractivity contribution in [3.05, 3.63) is 12.2 Å². The molecule has 2 fully saturated rings. The topological polar surface area (TPSA) is 32.3 Å². The smallest absolute Gasteiger partial charge is 0.222 e. The molecule has 0 aromatic rings. The van der Waals surface area contributed by atoms with Gasteiger partial charge in [-0.15, -0.1) is 0 Å². The van der Waals surface area contributed by atoms with Gasteiger partial charge in [0.25, 0.3) is 0 Å². The van der Waals surface area contributed by atoms with Gasteiger partial charge in [0.15, 0.2) is 0 Å². The van der Waals surface area contributed by atoms with Crippen LogP contribution in [-0.4, -0.2) is 36.5 Å². The number of rotatable bonds is 6. The second-order valence-electron chi connectivity index (χ2n) is 6.62. The van der Waals surface area contributed by atoms with Crippen LogP contribution >= 0.6 is 0 Å². The minimum atomic E-state index is 0.352. The van der Waals surface area contributed by atoms with E-state index in [9.17, 15) is 4.79 Å². The van der Waals surface area contributed by atoms with E-state index in [0.29, 0.717) is 11.9 Å². The number of amides is 1. The van der Waals surface area contributed by atoms with Gasteiger partial charge in [-0.25, -0.2) is 0 Å². The third-order valence-corrected chi connectivity index (χ3v) is 5.15. The average molecular weight is 262 g/mol. The van der Waals surface area contributed by atoms with Crippen molar-refractivity contribution in [2.45, 2.75) is 45.1 Å². The lowest BCUT2D eigenvalue weighted by molar-refractivity contribution is -0.127. The van der Waals surface area contributed by atoms with Gasteiger partial charge in [-0.3, -0.25) is 4.79 Å². The zero-order chi connectivity index (χ0) is 13.2. The zero-order valence-electron chi connectivity index (χ0n) is 12.0. The van der Waals surface area contributed by atoms with Crippen LogP contribution in [0, 0.1) is 17.8 Å². The first kappa shape index (κ1) is 13.2. The number of hydrogen-bond donors (Lipinski definition) is 1. The average Bonchev–Trinajstić information content (AvgIpc) is 3.10. The van der Waals surface area contributed by atoms with Gasteiger partial charge in [-0.1, -0.05) is 12.2 Å². The lowest BCUT2D eigenvalue weighted by atomic mass is 9.93. The summed E-state index contributed by atoms with van der Waals surface area (Å²) in [5.41, 5.74) is 0. The SMILES string of the molecule is C[C@@H](CCN1CCCC1=O)NC[C@H]1C[C@H]2C=C[C@H]1C2. The molecule has 3 heteroatoms. The number of allylic oxidation sites excluding steroid dienone is 2. The maximum atomic E-state index is 11.5. The van der Waals surface area contributed by atoms with E-state index in [4.69, 9.17) is 0 Å². The van der Waals surface area contributed by atoms with Crippen LogP contribution in [0.5, 0.6) is 0 Å². The summed E-state index contributed by atoms with van der Waals surface area (Å²) in [6.45, 7) is 5.32. The van der Waals surface area contributed by atoms with E-state index in [1.165, 1.54) is 12.8 Å². The predicted octanol–water partition coefficient (Wildman–Crippen LogP) is 2.19. The molecule has 2 bridgehead atoms. The fourth-order valence-electron chi connectivity index (χ4n) is 3.87. The van der Waals surface area contributed by atoms with Crippen LogP contribution in [0.15, 0.2) is 12.2 Å². The van der Waals surface area contributed by atoms with Gasteiger partial charge in [0.05, 0.1) is 0 Å². The van der Waals surface area contributed by atoms with Crippen molar-refractivity contribution < 1.29 is 4.79 Å². The van der Waals surface area contributed by atoms with Crippen LogP contribution in [0.3, 0.4) is 0 Å². The van der Waals surface area contributed by atoms with Crippen LogP contribution in [0.25, 0.3) is 0 Å². The van der Waals surface area contributed by atoms with Gasteiger partial charge in [0.1, 0.15) is 0 Å². The Balaban J connectivity index is 1.34. The molecule has 4 atom stereocenters. The number of carbonyl (C=O) groups is 1. The molecular formula is C16H26N2O. The van der Waals surface area contributed by atoms with Gasteiger partial charge < -0.3 is 10.2 Å². The first-order valence-corrected chi connectivity index (χ1v) is 7.92. The number of fused-ring (bicyclic) bond motifs is 2. The maximum Gasteiger partial charge on any atom is 0.222 e. The first-order valence-electron chi connectivity index (χ1n) is 7.92. The van der Waals surface area contributed by atoms with Crippen LogP contribution in [0.1, 0.15) is 39.0 Å². The molecule has 1 saturated carbocycles. The van der Waals surface area contributed by atoms with Crippen molar-refractivity contribution in [2.24, 2.45) is 17.8 Å². The molecule has 0 aromatic heterocycles. The molecule has 0 unspecified atom stereocenters. The molecule has 2 aliphatic carbocycles. The summed E-state index contributed by atoms with van der Waals surface area (Å²) < 4.78 is 0. The second kappa shape index (κ2) is 5.66. The van der Waals surface area contributed by atoms with E-state index in [1.54, 1.807) is 0 Å². The monoisotopic (exact) mass is 262 g/mol. The molecule has 0 spiro atoms. The van der Waals surface area contributed by atoms with Crippen LogP contribution in [-0.2, 0) is 4.79 Å². The number of carbonyl (C=O) groups excluding carboxylic acids is 1. The van der Waals surface area contributed by atoms with Crippen LogP contribution in [0.4, 0.5) is 0 Å². The van der Waals surface area contributed by atoms with Gasteiger partial charge in [0.2, 0.25) is 5.91 Å². The molecule has 1 heterocycles. The Morgan fingerprint density at radius 3 is 2.95 bits per heavy atom. The highest BCUT2D eigenvalue weighted by Gasteiger charge is 2.35. The van der Waals surface area contributed by atoms with E-state index in [0.717, 1.165) is 56.7 Å². The number of nitrogens with zero attached hydrogens (tertiary/aromatic N) is 1. The second-order valence-corrected chi connectivity index (χ2v) is 6.62. The molecule has 1 N–H and O–H groups in total. The summed E-state index contributed by atoms with van der Waals surface area (Å²) in [6, 6.07) is 0.525. The fraction of sp³-hybridized carbons (Fsp3) is 0.812. The van der Waals surface area contributed by atoms with Crippen molar-refractivity contribution in [1.82, 2.24) is 10.2 Å². The molecule has 3 rings (SSSR count). The maximum absolute atomic E-state index is 11.5.